The highest BCUT2D eigenvalue weighted by molar-refractivity contribution is 6.98. The Morgan fingerprint density at radius 2 is 0.278 bits per heavy atom. The minimum atomic E-state index is -0.794. The van der Waals surface area contributed by atoms with Crippen molar-refractivity contribution in [2.45, 2.75) is 132 Å². The van der Waals surface area contributed by atoms with Crippen LogP contribution in [0.15, 0.2) is 218 Å². The van der Waals surface area contributed by atoms with Crippen molar-refractivity contribution in [1.29, 1.82) is 0 Å². The SMILES string of the molecule is CC1(C)c2cccc3c2N2c4c1cccc4C1(c4cccc5c4B4c6c1cccc6C1(c6cccc(c64)C54c5cccc6c5N5c7c(cccc7C(C)(C)c7cccc4c75)C6(C)C)c4cccc5c4N4c6c(cccc6C(C)(C)c6cccc1c64)C5(C)C)c1cccc(c12)C3(C)C. The van der Waals surface area contributed by atoms with Crippen LogP contribution in [-0.2, 0) is 48.7 Å². The highest BCUT2D eigenvalue weighted by Gasteiger charge is 2.68. The summed E-state index contributed by atoms with van der Waals surface area (Å²) in [4.78, 5) is 8.39. The average molecular weight is 1240 g/mol. The molecular weight excluding hydrogens is 1170 g/mol. The van der Waals surface area contributed by atoms with Crippen LogP contribution in [0, 0.1) is 0 Å². The van der Waals surface area contributed by atoms with Gasteiger partial charge in [-0.2, -0.15) is 0 Å². The number of para-hydroxylation sites is 9. The van der Waals surface area contributed by atoms with Crippen LogP contribution in [0.3, 0.4) is 0 Å². The lowest BCUT2D eigenvalue weighted by molar-refractivity contribution is 0.579. The molecule has 0 saturated heterocycles. The molecule has 0 bridgehead atoms. The maximum atomic E-state index is 2.80. The van der Waals surface area contributed by atoms with Gasteiger partial charge in [-0.1, -0.05) is 318 Å². The first-order valence-corrected chi connectivity index (χ1v) is 35.8. The average Bonchev–Trinajstić information content (AvgIpc) is 0.630. The number of benzene rings is 12. The van der Waals surface area contributed by atoms with Gasteiger partial charge in [-0.05, 0) is 134 Å². The molecule has 12 heterocycles. The Balaban J connectivity index is 0.947. The summed E-state index contributed by atoms with van der Waals surface area (Å²) in [7, 11) is 0. The van der Waals surface area contributed by atoms with Crippen molar-refractivity contribution in [3.63, 3.8) is 0 Å². The molecule has 0 saturated carbocycles. The maximum Gasteiger partial charge on any atom is 0.243 e. The van der Waals surface area contributed by atoms with E-state index in [2.05, 4.69) is 316 Å². The summed E-state index contributed by atoms with van der Waals surface area (Å²) in [6.45, 7) is 30.0. The Morgan fingerprint density at radius 3 is 0.423 bits per heavy atom. The van der Waals surface area contributed by atoms with E-state index in [0.717, 1.165) is 0 Å². The van der Waals surface area contributed by atoms with Gasteiger partial charge in [0, 0.05) is 32.5 Å². The van der Waals surface area contributed by atoms with Gasteiger partial charge < -0.3 is 14.7 Å². The van der Waals surface area contributed by atoms with Crippen LogP contribution < -0.4 is 31.1 Å². The first kappa shape index (κ1) is 53.3. The molecule has 12 aromatic carbocycles. The third kappa shape index (κ3) is 4.97. The second-order valence-corrected chi connectivity index (χ2v) is 34.1. The van der Waals surface area contributed by atoms with E-state index in [1.807, 2.05) is 0 Å². The monoisotopic (exact) mass is 1240 g/mol. The molecule has 3 spiro atoms. The Morgan fingerprint density at radius 1 is 0.165 bits per heavy atom. The zero-order valence-electron chi connectivity index (χ0n) is 57.2. The molecule has 0 atom stereocenters. The fraction of sp³-hybridized carbons (Fsp3) is 0.226. The molecule has 4 heteroatoms. The number of nitrogens with zero attached hydrogens (tertiary/aromatic N) is 3. The van der Waals surface area contributed by atoms with Crippen LogP contribution in [0.5, 0.6) is 0 Å². The molecule has 0 amide bonds. The predicted molar refractivity (Wildman–Crippen MR) is 397 cm³/mol. The Bertz CT molecular complexity index is 5050. The van der Waals surface area contributed by atoms with Gasteiger partial charge in [-0.25, -0.2) is 0 Å². The lowest BCUT2D eigenvalue weighted by Gasteiger charge is -2.62. The number of hydrogen-bond donors (Lipinski definition) is 0. The molecule has 97 heavy (non-hydrogen) atoms. The van der Waals surface area contributed by atoms with Crippen molar-refractivity contribution in [1.82, 2.24) is 0 Å². The molecule has 12 aliphatic rings. The van der Waals surface area contributed by atoms with Crippen LogP contribution >= 0.6 is 0 Å². The van der Waals surface area contributed by atoms with Crippen LogP contribution in [0.1, 0.15) is 217 Å². The van der Waals surface area contributed by atoms with E-state index in [-0.39, 0.29) is 39.2 Å². The molecule has 0 aliphatic carbocycles. The van der Waals surface area contributed by atoms with Crippen molar-refractivity contribution in [2.75, 3.05) is 14.7 Å². The van der Waals surface area contributed by atoms with Gasteiger partial charge in [-0.3, -0.25) is 0 Å². The van der Waals surface area contributed by atoms with Crippen molar-refractivity contribution in [3.8, 4) is 0 Å². The summed E-state index contributed by atoms with van der Waals surface area (Å²) in [5.41, 5.74) is 46.0. The van der Waals surface area contributed by atoms with E-state index in [9.17, 15) is 0 Å². The fourth-order valence-corrected chi connectivity index (χ4v) is 24.4. The van der Waals surface area contributed by atoms with Gasteiger partial charge in [-0.15, -0.1) is 0 Å². The summed E-state index contributed by atoms with van der Waals surface area (Å²) < 4.78 is 0. The Kier molecular flexibility index (Phi) is 8.55. The van der Waals surface area contributed by atoms with E-state index in [1.54, 1.807) is 0 Å². The van der Waals surface area contributed by atoms with E-state index < -0.39 is 16.2 Å². The minimum absolute atomic E-state index is 0.113. The lowest BCUT2D eigenvalue weighted by Crippen LogP contribution is -2.74. The largest absolute Gasteiger partial charge is 0.309 e. The Hall–Kier alpha value is -9.90. The molecule has 24 rings (SSSR count). The van der Waals surface area contributed by atoms with Crippen LogP contribution in [0.2, 0.25) is 0 Å². The molecule has 0 fully saturated rings. The van der Waals surface area contributed by atoms with Gasteiger partial charge in [0.1, 0.15) is 0 Å². The molecule has 3 nitrogen and oxygen atoms in total. The first-order chi connectivity index (χ1) is 46.7. The van der Waals surface area contributed by atoms with E-state index in [0.29, 0.717) is 0 Å². The zero-order valence-corrected chi connectivity index (χ0v) is 57.2. The summed E-state index contributed by atoms with van der Waals surface area (Å²) >= 11 is 0. The lowest BCUT2D eigenvalue weighted by atomic mass is 9.21. The summed E-state index contributed by atoms with van der Waals surface area (Å²) in [5, 5.41) is 0. The standard InChI is InChI=1S/C93H72BN3/c1-85(2)55-31-16-32-56-76(55)95-79-61(85)37-19-43-67(79)91(68-44-20-38-62(80(68)95)86(56,3)4)49-25-13-27-51-73(49)94-74-50(91)26-14-28-52(74)93(71-47-23-41-65-83(71)97-78-59(89(65,9)10)35-18-36-60(78)90(11,12)66-42-24-48-72(93)84(66)97)54-30-15-29-53(75(54)94)92(51)69-45-21-39-63-81(69)96-77-57(87(63,5)6)33-17-34-58(77)88(7,8)64-40-22-46-70(92)82(64)96/h13-48H,1-12H3. The van der Waals surface area contributed by atoms with Crippen molar-refractivity contribution in [2.24, 2.45) is 0 Å². The van der Waals surface area contributed by atoms with Crippen molar-refractivity contribution in [3.05, 3.63) is 352 Å². The highest BCUT2D eigenvalue weighted by Crippen LogP contribution is 2.75. The van der Waals surface area contributed by atoms with Gasteiger partial charge in [0.15, 0.2) is 0 Å². The fourth-order valence-electron chi connectivity index (χ4n) is 24.4. The molecule has 0 aromatic heterocycles. The zero-order chi connectivity index (χ0) is 65.0. The van der Waals surface area contributed by atoms with Gasteiger partial charge >= 0.3 is 0 Å². The normalized spacial score (nSPS) is 20.4. The van der Waals surface area contributed by atoms with Crippen molar-refractivity contribution >= 4 is 74.3 Å². The van der Waals surface area contributed by atoms with Crippen LogP contribution in [0.25, 0.3) is 0 Å². The number of rotatable bonds is 0. The molecule has 0 N–H and O–H groups in total. The molecule has 12 aromatic rings. The summed E-state index contributed by atoms with van der Waals surface area (Å²) in [6.07, 6.45) is 0. The minimum Gasteiger partial charge on any atom is -0.309 e. The molecular formula is C93H72BN3. The molecule has 462 valence electrons. The summed E-state index contributed by atoms with van der Waals surface area (Å²) in [6, 6.07) is 90.2. The van der Waals surface area contributed by atoms with Gasteiger partial charge in [0.25, 0.3) is 0 Å². The van der Waals surface area contributed by atoms with Crippen molar-refractivity contribution < 1.29 is 0 Å². The summed E-state index contributed by atoms with van der Waals surface area (Å²) in [5.74, 6) is 0. The smallest absolute Gasteiger partial charge is 0.243 e. The second-order valence-electron chi connectivity index (χ2n) is 34.1. The van der Waals surface area contributed by atoms with E-state index in [4.69, 9.17) is 0 Å². The van der Waals surface area contributed by atoms with E-state index in [1.165, 1.54) is 201 Å². The third-order valence-electron chi connectivity index (χ3n) is 28.4. The highest BCUT2D eigenvalue weighted by atomic mass is 15.2. The Labute approximate surface area is 569 Å². The number of hydrogen-bond acceptors (Lipinski definition) is 3. The number of anilines is 9. The van der Waals surface area contributed by atoms with Crippen LogP contribution in [-0.4, -0.2) is 6.71 Å². The maximum absolute atomic E-state index is 2.80. The molecule has 0 radical (unpaired) electrons. The van der Waals surface area contributed by atoms with E-state index >= 15 is 0 Å². The molecule has 12 aliphatic heterocycles. The molecule has 0 unspecified atom stereocenters. The number of fused-ring (bicyclic) bond motifs is 12. The van der Waals surface area contributed by atoms with Gasteiger partial charge in [0.2, 0.25) is 6.71 Å². The predicted octanol–water partition coefficient (Wildman–Crippen LogP) is 19.5. The van der Waals surface area contributed by atoms with Gasteiger partial charge in [0.05, 0.1) is 67.4 Å². The van der Waals surface area contributed by atoms with Crippen LogP contribution in [0.4, 0.5) is 51.2 Å². The quantitative estimate of drug-likeness (QED) is 0.140. The first-order valence-electron chi connectivity index (χ1n) is 35.8. The third-order valence-corrected chi connectivity index (χ3v) is 28.4. The topological polar surface area (TPSA) is 9.72 Å². The second kappa shape index (κ2) is 15.6.